The number of thioether (sulfide) groups is 1. The molecule has 5 rings (SSSR count). The van der Waals surface area contributed by atoms with E-state index < -0.39 is 0 Å². The molecule has 4 aromatic rings. The molecule has 6 nitrogen and oxygen atoms in total. The molecule has 0 unspecified atom stereocenters. The van der Waals surface area contributed by atoms with Crippen LogP contribution in [0.15, 0.2) is 78.1 Å². The topological polar surface area (TPSA) is 56.6 Å². The molecular weight excluding hydrogens is 470 g/mol. The monoisotopic (exact) mass is 501 g/mol. The molecule has 1 aromatic heterocycles. The number of carbonyl (C=O) groups excluding carboxylic acids is 1. The molecule has 36 heavy (non-hydrogen) atoms. The molecule has 0 amide bonds. The van der Waals surface area contributed by atoms with E-state index in [0.29, 0.717) is 11.3 Å². The van der Waals surface area contributed by atoms with Gasteiger partial charge in [0.2, 0.25) is 0 Å². The van der Waals surface area contributed by atoms with Crippen molar-refractivity contribution in [3.05, 3.63) is 95.3 Å². The fraction of sp³-hybridized carbons (Fsp3) is 0.310. The Morgan fingerprint density at radius 2 is 1.75 bits per heavy atom. The van der Waals surface area contributed by atoms with Crippen LogP contribution in [0.1, 0.15) is 27.2 Å². The largest absolute Gasteiger partial charge is 0.465 e. The molecule has 0 N–H and O–H groups in total. The minimum Gasteiger partial charge on any atom is -0.465 e. The molecule has 7 heteroatoms. The Bertz CT molecular complexity index is 1330. The second kappa shape index (κ2) is 11.7. The lowest BCUT2D eigenvalue weighted by Gasteiger charge is -2.26. The van der Waals surface area contributed by atoms with Crippen molar-refractivity contribution in [2.24, 2.45) is 0 Å². The molecule has 0 aliphatic carbocycles. The summed E-state index contributed by atoms with van der Waals surface area (Å²) in [5, 5.41) is 3.46. The van der Waals surface area contributed by atoms with Gasteiger partial charge in [-0.1, -0.05) is 72.4 Å². The van der Waals surface area contributed by atoms with Gasteiger partial charge in [0.25, 0.3) is 0 Å². The molecule has 0 saturated carbocycles. The maximum atomic E-state index is 12.3. The van der Waals surface area contributed by atoms with Gasteiger partial charge in [-0.05, 0) is 28.0 Å². The zero-order chi connectivity index (χ0) is 24.7. The molecule has 3 aromatic carbocycles. The third-order valence-electron chi connectivity index (χ3n) is 6.58. The first-order valence-corrected chi connectivity index (χ1v) is 13.3. The summed E-state index contributed by atoms with van der Waals surface area (Å²) in [4.78, 5) is 19.7. The van der Waals surface area contributed by atoms with E-state index in [1.165, 1.54) is 23.4 Å². The lowest BCUT2D eigenvalue weighted by Crippen LogP contribution is -2.37. The van der Waals surface area contributed by atoms with E-state index in [1.807, 2.05) is 24.3 Å². The number of benzene rings is 3. The highest BCUT2D eigenvalue weighted by molar-refractivity contribution is 7.98. The summed E-state index contributed by atoms with van der Waals surface area (Å²) in [6.07, 6.45) is 3.09. The van der Waals surface area contributed by atoms with Crippen molar-refractivity contribution in [2.45, 2.75) is 23.9 Å². The molecule has 0 radical (unpaired) electrons. The molecular formula is C29H31N3O3S. The van der Waals surface area contributed by atoms with Crippen LogP contribution in [0, 0.1) is 0 Å². The SMILES string of the molecule is COC(=O)c1ccccc1CSc1nc(CCN2CCOCC2)cn1Cc1cccc2ccccc12. The number of fused-ring (bicyclic) bond motifs is 1. The van der Waals surface area contributed by atoms with Gasteiger partial charge >= 0.3 is 5.97 Å². The molecule has 1 aliphatic heterocycles. The smallest absolute Gasteiger partial charge is 0.338 e. The fourth-order valence-corrected chi connectivity index (χ4v) is 5.61. The van der Waals surface area contributed by atoms with Crippen LogP contribution in [0.25, 0.3) is 10.8 Å². The zero-order valence-corrected chi connectivity index (χ0v) is 21.4. The van der Waals surface area contributed by atoms with Crippen molar-refractivity contribution in [1.82, 2.24) is 14.5 Å². The van der Waals surface area contributed by atoms with E-state index in [9.17, 15) is 4.79 Å². The third kappa shape index (κ3) is 5.81. The van der Waals surface area contributed by atoms with Crippen LogP contribution in [0.5, 0.6) is 0 Å². The highest BCUT2D eigenvalue weighted by Crippen LogP contribution is 2.27. The van der Waals surface area contributed by atoms with Crippen molar-refractivity contribution in [3.63, 3.8) is 0 Å². The Hall–Kier alpha value is -3.13. The van der Waals surface area contributed by atoms with E-state index in [2.05, 4.69) is 58.1 Å². The van der Waals surface area contributed by atoms with Crippen LogP contribution in [0.2, 0.25) is 0 Å². The van der Waals surface area contributed by atoms with Gasteiger partial charge in [-0.2, -0.15) is 0 Å². The van der Waals surface area contributed by atoms with Gasteiger partial charge < -0.3 is 14.0 Å². The second-order valence-electron chi connectivity index (χ2n) is 8.92. The van der Waals surface area contributed by atoms with Crippen molar-refractivity contribution in [1.29, 1.82) is 0 Å². The van der Waals surface area contributed by atoms with Crippen LogP contribution in [0.3, 0.4) is 0 Å². The Labute approximate surface area is 216 Å². The highest BCUT2D eigenvalue weighted by Gasteiger charge is 2.16. The average molecular weight is 502 g/mol. The van der Waals surface area contributed by atoms with E-state index in [1.54, 1.807) is 11.8 Å². The van der Waals surface area contributed by atoms with Gasteiger partial charge in [-0.15, -0.1) is 0 Å². The number of ether oxygens (including phenoxy) is 2. The molecule has 1 saturated heterocycles. The lowest BCUT2D eigenvalue weighted by molar-refractivity contribution is 0.0383. The number of methoxy groups -OCH3 is 1. The number of imidazole rings is 1. The van der Waals surface area contributed by atoms with Gasteiger partial charge in [-0.3, -0.25) is 4.90 Å². The predicted molar refractivity (Wildman–Crippen MR) is 144 cm³/mol. The maximum absolute atomic E-state index is 12.3. The van der Waals surface area contributed by atoms with Crippen LogP contribution in [-0.4, -0.2) is 60.4 Å². The quantitative estimate of drug-likeness (QED) is 0.237. The standard InChI is InChI=1S/C29H31N3O3S/c1-34-28(33)27-12-5-3-8-24(27)21-36-29-30-25(13-14-31-15-17-35-18-16-31)20-32(29)19-23-10-6-9-22-7-2-4-11-26(22)23/h2-12,20H,13-19,21H2,1H3. The summed E-state index contributed by atoms with van der Waals surface area (Å²) in [7, 11) is 1.42. The first kappa shape index (κ1) is 24.6. The molecule has 186 valence electrons. The molecule has 1 fully saturated rings. The zero-order valence-electron chi connectivity index (χ0n) is 20.6. The molecule has 0 atom stereocenters. The summed E-state index contributed by atoms with van der Waals surface area (Å²) in [5.41, 5.74) is 3.91. The number of nitrogens with zero attached hydrogens (tertiary/aromatic N) is 3. The van der Waals surface area contributed by atoms with Crippen molar-refractivity contribution in [3.8, 4) is 0 Å². The highest BCUT2D eigenvalue weighted by atomic mass is 32.2. The maximum Gasteiger partial charge on any atom is 0.338 e. The van der Waals surface area contributed by atoms with Crippen LogP contribution >= 0.6 is 11.8 Å². The van der Waals surface area contributed by atoms with Crippen molar-refractivity contribution >= 4 is 28.5 Å². The number of carbonyl (C=O) groups is 1. The normalized spacial score (nSPS) is 14.2. The first-order valence-electron chi connectivity index (χ1n) is 12.3. The summed E-state index contributed by atoms with van der Waals surface area (Å²) in [6, 6.07) is 22.6. The van der Waals surface area contributed by atoms with Gasteiger partial charge in [0.1, 0.15) is 0 Å². The van der Waals surface area contributed by atoms with E-state index >= 15 is 0 Å². The Morgan fingerprint density at radius 3 is 2.61 bits per heavy atom. The number of rotatable bonds is 9. The van der Waals surface area contributed by atoms with Crippen molar-refractivity contribution < 1.29 is 14.3 Å². The Morgan fingerprint density at radius 1 is 1.00 bits per heavy atom. The molecule has 2 heterocycles. The third-order valence-corrected chi connectivity index (χ3v) is 7.62. The fourth-order valence-electron chi connectivity index (χ4n) is 4.61. The number of hydrogen-bond donors (Lipinski definition) is 0. The Balaban J connectivity index is 1.39. The molecule has 0 spiro atoms. The number of esters is 1. The van der Waals surface area contributed by atoms with Gasteiger partial charge in [0.15, 0.2) is 5.16 Å². The minimum atomic E-state index is -0.309. The average Bonchev–Trinajstić information content (AvgIpc) is 3.32. The summed E-state index contributed by atoms with van der Waals surface area (Å²) < 4.78 is 12.7. The Kier molecular flexibility index (Phi) is 8.01. The summed E-state index contributed by atoms with van der Waals surface area (Å²) in [5.74, 6) is 0.331. The second-order valence-corrected chi connectivity index (χ2v) is 9.86. The van der Waals surface area contributed by atoms with E-state index in [4.69, 9.17) is 14.5 Å². The van der Waals surface area contributed by atoms with Gasteiger partial charge in [0, 0.05) is 38.0 Å². The lowest BCUT2D eigenvalue weighted by atomic mass is 10.0. The molecule has 0 bridgehead atoms. The summed E-state index contributed by atoms with van der Waals surface area (Å²) in [6.45, 7) is 5.27. The molecule has 1 aliphatic rings. The minimum absolute atomic E-state index is 0.309. The number of morpholine rings is 1. The number of aromatic nitrogens is 2. The van der Waals surface area contributed by atoms with Crippen LogP contribution < -0.4 is 0 Å². The van der Waals surface area contributed by atoms with Crippen LogP contribution in [0.4, 0.5) is 0 Å². The number of hydrogen-bond acceptors (Lipinski definition) is 6. The van der Waals surface area contributed by atoms with Crippen LogP contribution in [-0.2, 0) is 28.2 Å². The van der Waals surface area contributed by atoms with E-state index in [-0.39, 0.29) is 5.97 Å². The predicted octanol–water partition coefficient (Wildman–Crippen LogP) is 5.04. The summed E-state index contributed by atoms with van der Waals surface area (Å²) >= 11 is 1.66. The van der Waals surface area contributed by atoms with Gasteiger partial charge in [0.05, 0.1) is 38.1 Å². The van der Waals surface area contributed by atoms with Gasteiger partial charge in [-0.25, -0.2) is 9.78 Å². The first-order chi connectivity index (χ1) is 17.7. The van der Waals surface area contributed by atoms with E-state index in [0.717, 1.165) is 62.2 Å². The van der Waals surface area contributed by atoms with Crippen molar-refractivity contribution in [2.75, 3.05) is 40.0 Å².